The smallest absolute Gasteiger partial charge is 0.408 e. The van der Waals surface area contributed by atoms with Crippen LogP contribution in [0.3, 0.4) is 0 Å². The van der Waals surface area contributed by atoms with Crippen LogP contribution in [-0.4, -0.2) is 41.0 Å². The van der Waals surface area contributed by atoms with E-state index in [1.807, 2.05) is 45.9 Å². The predicted molar refractivity (Wildman–Crippen MR) is 175 cm³/mol. The molecule has 234 valence electrons. The first-order valence-corrected chi connectivity index (χ1v) is 15.5. The largest absolute Gasteiger partial charge is 0.444 e. The number of nitrogens with one attached hydrogen (secondary N) is 2. The van der Waals surface area contributed by atoms with E-state index in [1.165, 1.54) is 0 Å². The van der Waals surface area contributed by atoms with Gasteiger partial charge in [-0.05, 0) is 82.2 Å². The van der Waals surface area contributed by atoms with Gasteiger partial charge < -0.3 is 20.3 Å². The lowest BCUT2D eigenvalue weighted by atomic mass is 9.97. The fourth-order valence-electron chi connectivity index (χ4n) is 5.03. The van der Waals surface area contributed by atoms with Crippen molar-refractivity contribution < 1.29 is 19.1 Å². The molecule has 0 saturated carbocycles. The summed E-state index contributed by atoms with van der Waals surface area (Å²) in [5.74, 6) is 2.08. The summed E-state index contributed by atoms with van der Waals surface area (Å²) in [6, 6.07) is 11.2. The molecule has 2 aromatic carbocycles. The van der Waals surface area contributed by atoms with Crippen molar-refractivity contribution in [3.8, 4) is 12.3 Å². The van der Waals surface area contributed by atoms with E-state index in [2.05, 4.69) is 23.5 Å². The normalized spacial score (nSPS) is 12.7. The van der Waals surface area contributed by atoms with E-state index in [1.54, 1.807) is 49.9 Å². The van der Waals surface area contributed by atoms with Gasteiger partial charge in [0.2, 0.25) is 5.91 Å². The molecule has 2 unspecified atom stereocenters. The van der Waals surface area contributed by atoms with Crippen LogP contribution in [0, 0.1) is 32.1 Å². The predicted octanol–water partition coefficient (Wildman–Crippen LogP) is 7.70. The van der Waals surface area contributed by atoms with Gasteiger partial charge in [-0.2, -0.15) is 0 Å². The van der Waals surface area contributed by atoms with Crippen LogP contribution in [0.25, 0.3) is 0 Å². The first-order chi connectivity index (χ1) is 20.3. The Labute approximate surface area is 259 Å². The molecular formula is C36H51N3O4. The molecule has 2 aromatic rings. The summed E-state index contributed by atoms with van der Waals surface area (Å²) in [5.41, 5.74) is 3.18. The van der Waals surface area contributed by atoms with Crippen LogP contribution < -0.4 is 10.6 Å². The van der Waals surface area contributed by atoms with E-state index in [9.17, 15) is 14.4 Å². The number of terminal acetylenes is 1. The molecule has 0 saturated heterocycles. The van der Waals surface area contributed by atoms with Gasteiger partial charge in [-0.25, -0.2) is 4.79 Å². The number of hydrogen-bond acceptors (Lipinski definition) is 4. The summed E-state index contributed by atoms with van der Waals surface area (Å²) < 4.78 is 5.51. The molecule has 2 atom stereocenters. The highest BCUT2D eigenvalue weighted by atomic mass is 16.6. The number of nitrogens with zero attached hydrogens (tertiary/aromatic N) is 1. The summed E-state index contributed by atoms with van der Waals surface area (Å²) in [4.78, 5) is 43.2. The fourth-order valence-corrected chi connectivity index (χ4v) is 5.03. The summed E-state index contributed by atoms with van der Waals surface area (Å²) in [7, 11) is 0. The number of alkyl carbamates (subject to hydrolysis) is 1. The number of amides is 3. The lowest BCUT2D eigenvalue weighted by molar-refractivity contribution is -0.141. The molecule has 0 aromatic heterocycles. The number of para-hydroxylation sites is 1. The van der Waals surface area contributed by atoms with Crippen molar-refractivity contribution >= 4 is 23.6 Å². The van der Waals surface area contributed by atoms with Crippen molar-refractivity contribution in [2.24, 2.45) is 5.92 Å². The van der Waals surface area contributed by atoms with Crippen LogP contribution in [-0.2, 0) is 14.3 Å². The molecule has 0 fully saturated rings. The monoisotopic (exact) mass is 589 g/mol. The lowest BCUT2D eigenvalue weighted by Crippen LogP contribution is -2.53. The third-order valence-electron chi connectivity index (χ3n) is 7.16. The standard InChI is InChI=1S/C36H51N3O4/c1-10-12-13-14-15-23-39(34(41)30(24-25(3)4)37-35(42)43-36(7,8)9)32(29-21-19-28(11-2)20-22-29)33(40)38-31-26(5)17-16-18-27(31)6/h2,16-22,25,30,32H,10,12-15,23-24H2,1,3-9H3,(H,37,42)(H,38,40). The average Bonchev–Trinajstić information content (AvgIpc) is 2.92. The highest BCUT2D eigenvalue weighted by Crippen LogP contribution is 2.28. The summed E-state index contributed by atoms with van der Waals surface area (Å²) >= 11 is 0. The van der Waals surface area contributed by atoms with Gasteiger partial charge in [0.05, 0.1) is 0 Å². The number of hydrogen-bond donors (Lipinski definition) is 2. The second-order valence-electron chi connectivity index (χ2n) is 12.7. The summed E-state index contributed by atoms with van der Waals surface area (Å²) in [6.45, 7) is 15.7. The van der Waals surface area contributed by atoms with Crippen LogP contribution in [0.2, 0.25) is 0 Å². The molecular weight excluding hydrogens is 538 g/mol. The van der Waals surface area contributed by atoms with Gasteiger partial charge in [-0.15, -0.1) is 6.42 Å². The molecule has 2 N–H and O–H groups in total. The minimum Gasteiger partial charge on any atom is -0.444 e. The molecule has 3 amide bonds. The zero-order chi connectivity index (χ0) is 32.2. The number of ether oxygens (including phenoxy) is 1. The minimum absolute atomic E-state index is 0.104. The minimum atomic E-state index is -0.945. The molecule has 0 aliphatic heterocycles. The Morgan fingerprint density at radius 2 is 1.56 bits per heavy atom. The number of carbonyl (C=O) groups excluding carboxylic acids is 3. The first-order valence-electron chi connectivity index (χ1n) is 15.5. The quantitative estimate of drug-likeness (QED) is 0.175. The third kappa shape index (κ3) is 11.4. The SMILES string of the molecule is C#Cc1ccc(C(C(=O)Nc2c(C)cccc2C)N(CCCCCCC)C(=O)C(CC(C)C)NC(=O)OC(C)(C)C)cc1. The van der Waals surface area contributed by atoms with Gasteiger partial charge in [-0.1, -0.05) is 82.7 Å². The Bertz CT molecular complexity index is 1230. The average molecular weight is 590 g/mol. The van der Waals surface area contributed by atoms with Gasteiger partial charge >= 0.3 is 6.09 Å². The van der Waals surface area contributed by atoms with E-state index >= 15 is 0 Å². The van der Waals surface area contributed by atoms with Crippen LogP contribution in [0.15, 0.2) is 42.5 Å². The van der Waals surface area contributed by atoms with Crippen molar-refractivity contribution in [2.45, 2.75) is 112 Å². The number of aryl methyl sites for hydroxylation is 2. The second kappa shape index (κ2) is 16.7. The Hall–Kier alpha value is -3.79. The molecule has 0 heterocycles. The highest BCUT2D eigenvalue weighted by Gasteiger charge is 2.36. The molecule has 0 bridgehead atoms. The number of unbranched alkanes of at least 4 members (excludes halogenated alkanes) is 4. The van der Waals surface area contributed by atoms with Gasteiger partial charge in [0.1, 0.15) is 17.7 Å². The second-order valence-corrected chi connectivity index (χ2v) is 12.7. The van der Waals surface area contributed by atoms with Crippen LogP contribution in [0.4, 0.5) is 10.5 Å². The van der Waals surface area contributed by atoms with Crippen LogP contribution in [0.1, 0.15) is 108 Å². The van der Waals surface area contributed by atoms with E-state index in [-0.39, 0.29) is 17.7 Å². The van der Waals surface area contributed by atoms with E-state index in [4.69, 9.17) is 11.2 Å². The Kier molecular flexibility index (Phi) is 13.8. The molecule has 43 heavy (non-hydrogen) atoms. The summed E-state index contributed by atoms with van der Waals surface area (Å²) in [5, 5.41) is 5.93. The maximum absolute atomic E-state index is 14.5. The van der Waals surface area contributed by atoms with Crippen LogP contribution >= 0.6 is 0 Å². The number of anilines is 1. The zero-order valence-electron chi connectivity index (χ0n) is 27.4. The van der Waals surface area contributed by atoms with Crippen LogP contribution in [0.5, 0.6) is 0 Å². The Balaban J connectivity index is 2.59. The first kappa shape index (κ1) is 35.4. The van der Waals surface area contributed by atoms with Gasteiger partial charge in [0.25, 0.3) is 5.91 Å². The van der Waals surface area contributed by atoms with Crippen molar-refractivity contribution in [1.29, 1.82) is 0 Å². The number of carbonyl (C=O) groups is 3. The Morgan fingerprint density at radius 1 is 0.953 bits per heavy atom. The molecule has 0 aliphatic rings. The fraction of sp³-hybridized carbons (Fsp3) is 0.528. The van der Waals surface area contributed by atoms with Crippen molar-refractivity contribution in [3.05, 3.63) is 64.7 Å². The molecule has 0 spiro atoms. The highest BCUT2D eigenvalue weighted by molar-refractivity contribution is 6.00. The van der Waals surface area contributed by atoms with Gasteiger partial charge in [0, 0.05) is 17.8 Å². The Morgan fingerprint density at radius 3 is 2.09 bits per heavy atom. The van der Waals surface area contributed by atoms with E-state index in [0.717, 1.165) is 48.9 Å². The molecule has 7 heteroatoms. The zero-order valence-corrected chi connectivity index (χ0v) is 27.4. The maximum Gasteiger partial charge on any atom is 0.408 e. The van der Waals surface area contributed by atoms with Gasteiger partial charge in [-0.3, -0.25) is 9.59 Å². The molecule has 0 radical (unpaired) electrons. The lowest BCUT2D eigenvalue weighted by Gasteiger charge is -2.35. The molecule has 0 aliphatic carbocycles. The number of benzene rings is 2. The topological polar surface area (TPSA) is 87.7 Å². The molecule has 2 rings (SSSR count). The van der Waals surface area contributed by atoms with E-state index < -0.39 is 23.8 Å². The molecule has 7 nitrogen and oxygen atoms in total. The van der Waals surface area contributed by atoms with Crippen molar-refractivity contribution in [1.82, 2.24) is 10.2 Å². The van der Waals surface area contributed by atoms with E-state index in [0.29, 0.717) is 24.1 Å². The third-order valence-corrected chi connectivity index (χ3v) is 7.16. The van der Waals surface area contributed by atoms with Crippen molar-refractivity contribution in [2.75, 3.05) is 11.9 Å². The maximum atomic E-state index is 14.5. The van der Waals surface area contributed by atoms with Crippen molar-refractivity contribution in [3.63, 3.8) is 0 Å². The van der Waals surface area contributed by atoms with Gasteiger partial charge in [0.15, 0.2) is 0 Å². The number of rotatable bonds is 14. The summed E-state index contributed by atoms with van der Waals surface area (Å²) in [6.07, 6.45) is 10.2.